The number of benzene rings is 3. The molecule has 0 saturated heterocycles. The molecule has 28 heavy (non-hydrogen) atoms. The van der Waals surface area contributed by atoms with Crippen LogP contribution in [0.5, 0.6) is 5.75 Å². The van der Waals surface area contributed by atoms with E-state index >= 15 is 0 Å². The molecule has 0 saturated carbocycles. The Morgan fingerprint density at radius 1 is 1.00 bits per heavy atom. The minimum atomic E-state index is -0.0988. The van der Waals surface area contributed by atoms with Crippen LogP contribution in [-0.2, 0) is 6.54 Å². The number of aromatic nitrogens is 1. The van der Waals surface area contributed by atoms with E-state index in [1.54, 1.807) is 23.5 Å². The monoisotopic (exact) mass is 388 g/mol. The third kappa shape index (κ3) is 4.05. The van der Waals surface area contributed by atoms with Crippen molar-refractivity contribution in [2.75, 3.05) is 6.61 Å². The number of para-hydroxylation sites is 1. The van der Waals surface area contributed by atoms with Crippen LogP contribution in [0.2, 0.25) is 0 Å². The average molecular weight is 388 g/mol. The lowest BCUT2D eigenvalue weighted by Gasteiger charge is -2.07. The molecule has 0 bridgehead atoms. The van der Waals surface area contributed by atoms with Crippen molar-refractivity contribution in [3.05, 3.63) is 83.9 Å². The summed E-state index contributed by atoms with van der Waals surface area (Å²) >= 11 is 1.69. The van der Waals surface area contributed by atoms with Gasteiger partial charge in [-0.1, -0.05) is 36.4 Å². The molecule has 0 fully saturated rings. The Morgan fingerprint density at radius 2 is 1.75 bits per heavy atom. The van der Waals surface area contributed by atoms with Gasteiger partial charge in [-0.3, -0.25) is 4.79 Å². The summed E-state index contributed by atoms with van der Waals surface area (Å²) < 4.78 is 6.59. The Bertz CT molecular complexity index is 1050. The summed E-state index contributed by atoms with van der Waals surface area (Å²) in [6, 6.07) is 23.5. The van der Waals surface area contributed by atoms with Gasteiger partial charge >= 0.3 is 0 Å². The van der Waals surface area contributed by atoms with Crippen LogP contribution in [0.1, 0.15) is 22.8 Å². The van der Waals surface area contributed by atoms with Gasteiger partial charge < -0.3 is 10.1 Å². The molecule has 0 unspecified atom stereocenters. The molecule has 4 rings (SSSR count). The number of amides is 1. The molecule has 1 heterocycles. The predicted molar refractivity (Wildman–Crippen MR) is 114 cm³/mol. The lowest BCUT2D eigenvalue weighted by Crippen LogP contribution is -2.22. The number of hydrogen-bond donors (Lipinski definition) is 1. The number of hydrogen-bond acceptors (Lipinski definition) is 4. The zero-order valence-corrected chi connectivity index (χ0v) is 16.3. The number of nitrogens with zero attached hydrogens (tertiary/aromatic N) is 1. The van der Waals surface area contributed by atoms with E-state index in [9.17, 15) is 4.79 Å². The van der Waals surface area contributed by atoms with Gasteiger partial charge in [0.2, 0.25) is 0 Å². The smallest absolute Gasteiger partial charge is 0.251 e. The molecule has 1 N–H and O–H groups in total. The van der Waals surface area contributed by atoms with Gasteiger partial charge in [0.1, 0.15) is 10.8 Å². The molecule has 140 valence electrons. The summed E-state index contributed by atoms with van der Waals surface area (Å²) in [5.74, 6) is 0.669. The molecular weight excluding hydrogens is 368 g/mol. The van der Waals surface area contributed by atoms with Crippen LogP contribution < -0.4 is 10.1 Å². The van der Waals surface area contributed by atoms with Crippen LogP contribution in [-0.4, -0.2) is 17.5 Å². The number of ether oxygens (including phenoxy) is 1. The van der Waals surface area contributed by atoms with Crippen molar-refractivity contribution < 1.29 is 9.53 Å². The summed E-state index contributed by atoms with van der Waals surface area (Å²) in [4.78, 5) is 17.0. The molecule has 0 radical (unpaired) electrons. The van der Waals surface area contributed by atoms with Gasteiger partial charge in [0, 0.05) is 17.7 Å². The molecule has 0 aliphatic rings. The van der Waals surface area contributed by atoms with E-state index < -0.39 is 0 Å². The van der Waals surface area contributed by atoms with Crippen LogP contribution >= 0.6 is 11.3 Å². The number of rotatable bonds is 6. The first-order valence-corrected chi connectivity index (χ1v) is 10.0. The molecule has 0 aliphatic heterocycles. The molecule has 0 aliphatic carbocycles. The van der Waals surface area contributed by atoms with Crippen LogP contribution in [0.25, 0.3) is 20.8 Å². The van der Waals surface area contributed by atoms with E-state index in [4.69, 9.17) is 4.74 Å². The average Bonchev–Trinajstić information content (AvgIpc) is 3.17. The Hall–Kier alpha value is -3.18. The van der Waals surface area contributed by atoms with Crippen molar-refractivity contribution >= 4 is 27.5 Å². The highest BCUT2D eigenvalue weighted by atomic mass is 32.1. The van der Waals surface area contributed by atoms with E-state index in [-0.39, 0.29) is 5.91 Å². The quantitative estimate of drug-likeness (QED) is 0.488. The largest absolute Gasteiger partial charge is 0.494 e. The van der Waals surface area contributed by atoms with Crippen LogP contribution in [0.15, 0.2) is 72.8 Å². The highest BCUT2D eigenvalue weighted by Gasteiger charge is 2.08. The molecule has 3 aromatic carbocycles. The van der Waals surface area contributed by atoms with Crippen molar-refractivity contribution in [1.29, 1.82) is 0 Å². The van der Waals surface area contributed by atoms with Gasteiger partial charge in [0.15, 0.2) is 0 Å². The maximum atomic E-state index is 12.3. The summed E-state index contributed by atoms with van der Waals surface area (Å²) in [6.07, 6.45) is 0. The normalized spacial score (nSPS) is 10.8. The predicted octanol–water partition coefficient (Wildman–Crippen LogP) is 5.29. The zero-order chi connectivity index (χ0) is 19.3. The standard InChI is InChI=1S/C23H20N2O2S/c1-2-27-19-13-11-17(12-14-19)22(26)24-15-16-7-9-18(10-8-16)23-25-20-5-3-4-6-21(20)28-23/h3-14H,2,15H2,1H3,(H,24,26). The molecule has 4 nitrogen and oxygen atoms in total. The third-order valence-corrected chi connectivity index (χ3v) is 5.46. The molecule has 1 amide bonds. The lowest BCUT2D eigenvalue weighted by molar-refractivity contribution is 0.0951. The maximum absolute atomic E-state index is 12.3. The minimum absolute atomic E-state index is 0.0988. The highest BCUT2D eigenvalue weighted by molar-refractivity contribution is 7.21. The number of carbonyl (C=O) groups is 1. The minimum Gasteiger partial charge on any atom is -0.494 e. The van der Waals surface area contributed by atoms with Gasteiger partial charge in [0.05, 0.1) is 16.8 Å². The fourth-order valence-corrected chi connectivity index (χ4v) is 3.89. The second kappa shape index (κ2) is 8.23. The number of carbonyl (C=O) groups excluding carboxylic acids is 1. The second-order valence-electron chi connectivity index (χ2n) is 6.32. The topological polar surface area (TPSA) is 51.2 Å². The summed E-state index contributed by atoms with van der Waals surface area (Å²) in [6.45, 7) is 3.02. The Kier molecular flexibility index (Phi) is 5.35. The van der Waals surface area contributed by atoms with Crippen molar-refractivity contribution in [2.24, 2.45) is 0 Å². The number of thiazole rings is 1. The van der Waals surface area contributed by atoms with E-state index in [0.29, 0.717) is 18.7 Å². The summed E-state index contributed by atoms with van der Waals surface area (Å²) in [5, 5.41) is 3.96. The molecule has 5 heteroatoms. The van der Waals surface area contributed by atoms with E-state index in [0.717, 1.165) is 27.4 Å². The summed E-state index contributed by atoms with van der Waals surface area (Å²) in [7, 11) is 0. The van der Waals surface area contributed by atoms with Gasteiger partial charge in [0.25, 0.3) is 5.91 Å². The molecular formula is C23H20N2O2S. The number of fused-ring (bicyclic) bond motifs is 1. The fourth-order valence-electron chi connectivity index (χ4n) is 2.91. The molecule has 1 aromatic heterocycles. The maximum Gasteiger partial charge on any atom is 0.251 e. The SMILES string of the molecule is CCOc1ccc(C(=O)NCc2ccc(-c3nc4ccccc4s3)cc2)cc1. The molecule has 0 atom stereocenters. The van der Waals surface area contributed by atoms with Crippen LogP contribution in [0.4, 0.5) is 0 Å². The zero-order valence-electron chi connectivity index (χ0n) is 15.5. The lowest BCUT2D eigenvalue weighted by atomic mass is 10.1. The first-order chi connectivity index (χ1) is 13.7. The Balaban J connectivity index is 1.39. The first-order valence-electron chi connectivity index (χ1n) is 9.19. The fraction of sp³-hybridized carbons (Fsp3) is 0.130. The van der Waals surface area contributed by atoms with Gasteiger partial charge in [-0.25, -0.2) is 4.98 Å². The summed E-state index contributed by atoms with van der Waals surface area (Å²) in [5.41, 5.74) is 3.77. The van der Waals surface area contributed by atoms with Crippen LogP contribution in [0.3, 0.4) is 0 Å². The first kappa shape index (κ1) is 18.2. The van der Waals surface area contributed by atoms with Gasteiger partial charge in [-0.05, 0) is 48.9 Å². The Labute approximate surface area is 167 Å². The van der Waals surface area contributed by atoms with Crippen LogP contribution in [0, 0.1) is 0 Å². The van der Waals surface area contributed by atoms with Gasteiger partial charge in [-0.15, -0.1) is 11.3 Å². The second-order valence-corrected chi connectivity index (χ2v) is 7.35. The van der Waals surface area contributed by atoms with Crippen molar-refractivity contribution in [1.82, 2.24) is 10.3 Å². The van der Waals surface area contributed by atoms with E-state index in [1.807, 2.05) is 49.4 Å². The number of nitrogens with one attached hydrogen (secondary N) is 1. The third-order valence-electron chi connectivity index (χ3n) is 4.38. The van der Waals surface area contributed by atoms with Crippen molar-refractivity contribution in [2.45, 2.75) is 13.5 Å². The van der Waals surface area contributed by atoms with Crippen molar-refractivity contribution in [3.8, 4) is 16.3 Å². The van der Waals surface area contributed by atoms with Gasteiger partial charge in [-0.2, -0.15) is 0 Å². The molecule has 4 aromatic rings. The van der Waals surface area contributed by atoms with Crippen molar-refractivity contribution in [3.63, 3.8) is 0 Å². The van der Waals surface area contributed by atoms with E-state index in [2.05, 4.69) is 28.5 Å². The van der Waals surface area contributed by atoms with E-state index in [1.165, 1.54) is 4.70 Å². The highest BCUT2D eigenvalue weighted by Crippen LogP contribution is 2.30. The molecule has 0 spiro atoms. The Morgan fingerprint density at radius 3 is 2.46 bits per heavy atom.